The maximum absolute atomic E-state index is 9.91. The Labute approximate surface area is 108 Å². The number of aliphatic hydroxyl groups is 1. The molecule has 0 amide bonds. The van der Waals surface area contributed by atoms with Gasteiger partial charge in [0.2, 0.25) is 0 Å². The van der Waals surface area contributed by atoms with Crippen LogP contribution in [0.3, 0.4) is 0 Å². The Kier molecular flexibility index (Phi) is 8.78. The third-order valence-corrected chi connectivity index (χ3v) is 4.27. The van der Waals surface area contributed by atoms with E-state index in [1.165, 1.54) is 70.6 Å². The summed E-state index contributed by atoms with van der Waals surface area (Å²) < 4.78 is 0. The smallest absolute Gasteiger partial charge is 0.0540 e. The Bertz CT molecular complexity index is 161. The molecule has 0 saturated heterocycles. The summed E-state index contributed by atoms with van der Waals surface area (Å²) in [5.41, 5.74) is 0. The SMILES string of the molecule is CCCCCCCCC(O)CCC1CCCC1. The average molecular weight is 240 g/mol. The minimum absolute atomic E-state index is 0.0122. The van der Waals surface area contributed by atoms with Crippen molar-refractivity contribution in [3.8, 4) is 0 Å². The van der Waals surface area contributed by atoms with Gasteiger partial charge in [-0.25, -0.2) is 0 Å². The molecule has 1 heteroatoms. The lowest BCUT2D eigenvalue weighted by atomic mass is 9.97. The van der Waals surface area contributed by atoms with E-state index >= 15 is 0 Å². The molecule has 0 bridgehead atoms. The fraction of sp³-hybridized carbons (Fsp3) is 1.00. The minimum Gasteiger partial charge on any atom is -0.393 e. The summed E-state index contributed by atoms with van der Waals surface area (Å²) in [7, 11) is 0. The first-order chi connectivity index (χ1) is 8.33. The molecule has 0 aliphatic heterocycles. The first kappa shape index (κ1) is 15.0. The van der Waals surface area contributed by atoms with E-state index in [0.717, 1.165) is 18.8 Å². The summed E-state index contributed by atoms with van der Waals surface area (Å²) in [6, 6.07) is 0. The lowest BCUT2D eigenvalue weighted by Crippen LogP contribution is -2.08. The van der Waals surface area contributed by atoms with Crippen LogP contribution in [0.15, 0.2) is 0 Å². The molecule has 0 radical (unpaired) electrons. The van der Waals surface area contributed by atoms with E-state index in [1.807, 2.05) is 0 Å². The molecule has 1 aliphatic rings. The van der Waals surface area contributed by atoms with Crippen LogP contribution in [0, 0.1) is 5.92 Å². The number of unbranched alkanes of at least 4 members (excludes halogenated alkanes) is 5. The van der Waals surface area contributed by atoms with Crippen LogP contribution in [-0.2, 0) is 0 Å². The summed E-state index contributed by atoms with van der Waals surface area (Å²) in [6.45, 7) is 2.26. The first-order valence-corrected chi connectivity index (χ1v) is 8.01. The Balaban J connectivity index is 1.85. The van der Waals surface area contributed by atoms with Crippen LogP contribution in [0.5, 0.6) is 0 Å². The zero-order valence-electron chi connectivity index (χ0n) is 11.8. The van der Waals surface area contributed by atoms with E-state index in [2.05, 4.69) is 6.92 Å². The second kappa shape index (κ2) is 9.94. The highest BCUT2D eigenvalue weighted by atomic mass is 16.3. The van der Waals surface area contributed by atoms with Gasteiger partial charge in [0.05, 0.1) is 6.10 Å². The maximum Gasteiger partial charge on any atom is 0.0540 e. The highest BCUT2D eigenvalue weighted by Gasteiger charge is 2.16. The van der Waals surface area contributed by atoms with Crippen LogP contribution in [0.1, 0.15) is 90.4 Å². The largest absolute Gasteiger partial charge is 0.393 e. The second-order valence-corrected chi connectivity index (χ2v) is 5.94. The maximum atomic E-state index is 9.91. The molecule has 1 fully saturated rings. The van der Waals surface area contributed by atoms with Crippen molar-refractivity contribution < 1.29 is 5.11 Å². The van der Waals surface area contributed by atoms with Crippen molar-refractivity contribution in [1.29, 1.82) is 0 Å². The van der Waals surface area contributed by atoms with Crippen molar-refractivity contribution in [1.82, 2.24) is 0 Å². The van der Waals surface area contributed by atoms with E-state index in [1.54, 1.807) is 0 Å². The topological polar surface area (TPSA) is 20.2 Å². The van der Waals surface area contributed by atoms with Crippen molar-refractivity contribution in [2.24, 2.45) is 5.92 Å². The lowest BCUT2D eigenvalue weighted by molar-refractivity contribution is 0.141. The molecule has 1 nitrogen and oxygen atoms in total. The quantitative estimate of drug-likeness (QED) is 0.529. The highest BCUT2D eigenvalue weighted by Crippen LogP contribution is 2.29. The lowest BCUT2D eigenvalue weighted by Gasteiger charge is -2.13. The van der Waals surface area contributed by atoms with Gasteiger partial charge in [0.1, 0.15) is 0 Å². The summed E-state index contributed by atoms with van der Waals surface area (Å²) in [5, 5.41) is 9.91. The van der Waals surface area contributed by atoms with Gasteiger partial charge in [-0.15, -0.1) is 0 Å². The molecular weight excluding hydrogens is 208 g/mol. The van der Waals surface area contributed by atoms with Crippen LogP contribution in [-0.4, -0.2) is 11.2 Å². The van der Waals surface area contributed by atoms with Gasteiger partial charge in [-0.1, -0.05) is 71.1 Å². The molecule has 1 saturated carbocycles. The summed E-state index contributed by atoms with van der Waals surface area (Å²) in [6.07, 6.45) is 17.1. The van der Waals surface area contributed by atoms with Crippen LogP contribution in [0.25, 0.3) is 0 Å². The highest BCUT2D eigenvalue weighted by molar-refractivity contribution is 4.69. The summed E-state index contributed by atoms with van der Waals surface area (Å²) in [5.74, 6) is 0.939. The molecule has 0 heterocycles. The van der Waals surface area contributed by atoms with Gasteiger partial charge in [0, 0.05) is 0 Å². The molecule has 17 heavy (non-hydrogen) atoms. The molecule has 1 unspecified atom stereocenters. The van der Waals surface area contributed by atoms with Crippen LogP contribution in [0.4, 0.5) is 0 Å². The molecule has 0 aromatic heterocycles. The second-order valence-electron chi connectivity index (χ2n) is 5.94. The Morgan fingerprint density at radius 2 is 1.59 bits per heavy atom. The zero-order chi connectivity index (χ0) is 12.3. The molecule has 1 atom stereocenters. The molecular formula is C16H32O. The van der Waals surface area contributed by atoms with E-state index in [4.69, 9.17) is 0 Å². The van der Waals surface area contributed by atoms with Crippen LogP contribution < -0.4 is 0 Å². The van der Waals surface area contributed by atoms with Crippen molar-refractivity contribution in [2.75, 3.05) is 0 Å². The van der Waals surface area contributed by atoms with Gasteiger partial charge < -0.3 is 5.11 Å². The van der Waals surface area contributed by atoms with Crippen molar-refractivity contribution in [2.45, 2.75) is 96.5 Å². The number of hydrogen-bond donors (Lipinski definition) is 1. The first-order valence-electron chi connectivity index (χ1n) is 8.01. The standard InChI is InChI=1S/C16H32O/c1-2-3-4-5-6-7-12-16(17)14-13-15-10-8-9-11-15/h15-17H,2-14H2,1H3. The molecule has 0 aromatic rings. The van der Waals surface area contributed by atoms with Gasteiger partial charge in [0.15, 0.2) is 0 Å². The minimum atomic E-state index is -0.0122. The fourth-order valence-corrected chi connectivity index (χ4v) is 3.03. The van der Waals surface area contributed by atoms with Crippen molar-refractivity contribution >= 4 is 0 Å². The zero-order valence-corrected chi connectivity index (χ0v) is 11.8. The van der Waals surface area contributed by atoms with Crippen molar-refractivity contribution in [3.63, 3.8) is 0 Å². The predicted octanol–water partition coefficient (Wildman–Crippen LogP) is 5.07. The van der Waals surface area contributed by atoms with Gasteiger partial charge in [-0.05, 0) is 25.2 Å². The third-order valence-electron chi connectivity index (χ3n) is 4.27. The molecule has 1 N–H and O–H groups in total. The average Bonchev–Trinajstić information content (AvgIpc) is 2.84. The monoisotopic (exact) mass is 240 g/mol. The van der Waals surface area contributed by atoms with Crippen LogP contribution in [0.2, 0.25) is 0 Å². The molecule has 0 aromatic carbocycles. The third kappa shape index (κ3) is 7.81. The molecule has 1 rings (SSSR count). The Morgan fingerprint density at radius 3 is 2.29 bits per heavy atom. The van der Waals surface area contributed by atoms with E-state index < -0.39 is 0 Å². The van der Waals surface area contributed by atoms with E-state index in [-0.39, 0.29) is 6.10 Å². The molecule has 102 valence electrons. The van der Waals surface area contributed by atoms with Gasteiger partial charge in [0.25, 0.3) is 0 Å². The number of rotatable bonds is 10. The fourth-order valence-electron chi connectivity index (χ4n) is 3.03. The summed E-state index contributed by atoms with van der Waals surface area (Å²) in [4.78, 5) is 0. The van der Waals surface area contributed by atoms with Crippen molar-refractivity contribution in [3.05, 3.63) is 0 Å². The van der Waals surface area contributed by atoms with Gasteiger partial charge in [-0.3, -0.25) is 0 Å². The molecule has 0 spiro atoms. The normalized spacial score (nSPS) is 18.7. The summed E-state index contributed by atoms with van der Waals surface area (Å²) >= 11 is 0. The predicted molar refractivity (Wildman–Crippen MR) is 75.2 cm³/mol. The van der Waals surface area contributed by atoms with Gasteiger partial charge >= 0.3 is 0 Å². The van der Waals surface area contributed by atoms with E-state index in [0.29, 0.717) is 0 Å². The van der Waals surface area contributed by atoms with Gasteiger partial charge in [-0.2, -0.15) is 0 Å². The molecule has 1 aliphatic carbocycles. The number of hydrogen-bond acceptors (Lipinski definition) is 1. The number of aliphatic hydroxyl groups excluding tert-OH is 1. The van der Waals surface area contributed by atoms with Crippen LogP contribution >= 0.6 is 0 Å². The Morgan fingerprint density at radius 1 is 0.941 bits per heavy atom. The van der Waals surface area contributed by atoms with E-state index in [9.17, 15) is 5.11 Å². The Hall–Kier alpha value is -0.0400.